The molecule has 0 radical (unpaired) electrons. The van der Waals surface area contributed by atoms with Gasteiger partial charge in [-0.2, -0.15) is 0 Å². The Morgan fingerprint density at radius 3 is 2.77 bits per heavy atom. The lowest BCUT2D eigenvalue weighted by Crippen LogP contribution is -2.42. The third kappa shape index (κ3) is 5.93. The van der Waals surface area contributed by atoms with Crippen LogP contribution in [0.1, 0.15) is 43.0 Å². The Bertz CT molecular complexity index is 451. The van der Waals surface area contributed by atoms with Crippen LogP contribution < -0.4 is 10.6 Å². The quantitative estimate of drug-likeness (QED) is 0.597. The van der Waals surface area contributed by atoms with Gasteiger partial charge < -0.3 is 15.5 Å². The van der Waals surface area contributed by atoms with E-state index in [9.17, 15) is 0 Å². The molecular weight excluding hydrogens is 294 g/mol. The summed E-state index contributed by atoms with van der Waals surface area (Å²) in [6.45, 7) is 10.3. The number of hydrogen-bond donors (Lipinski definition) is 2. The van der Waals surface area contributed by atoms with Gasteiger partial charge in [-0.3, -0.25) is 0 Å². The minimum absolute atomic E-state index is 0.656. The zero-order valence-corrected chi connectivity index (χ0v) is 14.7. The van der Waals surface area contributed by atoms with Crippen molar-refractivity contribution in [3.63, 3.8) is 0 Å². The van der Waals surface area contributed by atoms with Gasteiger partial charge in [0.25, 0.3) is 0 Å². The number of piperidine rings is 1. The second-order valence-electron chi connectivity index (χ2n) is 5.60. The summed E-state index contributed by atoms with van der Waals surface area (Å²) in [7, 11) is 0. The van der Waals surface area contributed by atoms with Gasteiger partial charge in [0.1, 0.15) is 5.01 Å². The van der Waals surface area contributed by atoms with Gasteiger partial charge in [0.15, 0.2) is 5.96 Å². The van der Waals surface area contributed by atoms with E-state index >= 15 is 0 Å². The van der Waals surface area contributed by atoms with E-state index in [0.29, 0.717) is 6.54 Å². The number of guanidine groups is 1. The molecule has 0 amide bonds. The molecule has 1 aliphatic rings. The van der Waals surface area contributed by atoms with Crippen molar-refractivity contribution < 1.29 is 0 Å². The monoisotopic (exact) mass is 323 g/mol. The lowest BCUT2D eigenvalue weighted by atomic mass is 10.1. The Balaban J connectivity index is 1.76. The highest BCUT2D eigenvalue weighted by atomic mass is 32.1. The first-order chi connectivity index (χ1) is 10.8. The molecule has 0 atom stereocenters. The number of nitrogens with zero attached hydrogens (tertiary/aromatic N) is 3. The number of hydrogen-bond acceptors (Lipinski definition) is 4. The molecule has 124 valence electrons. The molecule has 6 heteroatoms. The predicted molar refractivity (Wildman–Crippen MR) is 94.6 cm³/mol. The van der Waals surface area contributed by atoms with Crippen molar-refractivity contribution in [2.45, 2.75) is 46.1 Å². The standard InChI is InChI=1S/C16H29N5S/c1-3-14-12-19-15(22-14)13-20-16(17-4-2)18-8-11-21-9-6-5-7-10-21/h12H,3-11,13H2,1-2H3,(H2,17,18,20). The average molecular weight is 324 g/mol. The molecule has 0 aliphatic carbocycles. The zero-order chi connectivity index (χ0) is 15.6. The number of rotatable bonds is 7. The molecule has 0 spiro atoms. The minimum atomic E-state index is 0.656. The van der Waals surface area contributed by atoms with Crippen LogP contribution in [0.3, 0.4) is 0 Å². The van der Waals surface area contributed by atoms with Crippen molar-refractivity contribution in [1.29, 1.82) is 0 Å². The van der Waals surface area contributed by atoms with Gasteiger partial charge in [-0.25, -0.2) is 9.98 Å². The van der Waals surface area contributed by atoms with E-state index in [4.69, 9.17) is 0 Å². The van der Waals surface area contributed by atoms with Crippen LogP contribution in [0.25, 0.3) is 0 Å². The van der Waals surface area contributed by atoms with Crippen molar-refractivity contribution in [2.24, 2.45) is 4.99 Å². The molecule has 2 N–H and O–H groups in total. The number of nitrogens with one attached hydrogen (secondary N) is 2. The van der Waals surface area contributed by atoms with Crippen molar-refractivity contribution >= 4 is 17.3 Å². The topological polar surface area (TPSA) is 52.6 Å². The average Bonchev–Trinajstić information content (AvgIpc) is 3.02. The Labute approximate surface area is 138 Å². The van der Waals surface area contributed by atoms with Crippen LogP contribution in [0.4, 0.5) is 0 Å². The zero-order valence-electron chi connectivity index (χ0n) is 13.9. The smallest absolute Gasteiger partial charge is 0.191 e. The minimum Gasteiger partial charge on any atom is -0.357 e. The Hall–Kier alpha value is -1.14. The highest BCUT2D eigenvalue weighted by molar-refractivity contribution is 7.11. The Morgan fingerprint density at radius 2 is 2.09 bits per heavy atom. The largest absolute Gasteiger partial charge is 0.357 e. The normalized spacial score (nSPS) is 16.7. The van der Waals surface area contributed by atoms with Crippen LogP contribution in [-0.4, -0.2) is 48.6 Å². The molecule has 2 heterocycles. The first kappa shape index (κ1) is 17.2. The van der Waals surface area contributed by atoms with Gasteiger partial charge in [-0.15, -0.1) is 11.3 Å². The number of likely N-dealkylation sites (tertiary alicyclic amines) is 1. The number of aryl methyl sites for hydroxylation is 1. The molecule has 0 saturated carbocycles. The van der Waals surface area contributed by atoms with E-state index in [-0.39, 0.29) is 0 Å². The van der Waals surface area contributed by atoms with Gasteiger partial charge in [0, 0.05) is 30.7 Å². The SMILES string of the molecule is CCNC(=NCc1ncc(CC)s1)NCCN1CCCCC1. The summed E-state index contributed by atoms with van der Waals surface area (Å²) in [6.07, 6.45) is 7.10. The van der Waals surface area contributed by atoms with Gasteiger partial charge >= 0.3 is 0 Å². The number of aliphatic imine (C=N–C) groups is 1. The van der Waals surface area contributed by atoms with Gasteiger partial charge in [-0.1, -0.05) is 13.3 Å². The van der Waals surface area contributed by atoms with E-state index in [0.717, 1.165) is 37.0 Å². The highest BCUT2D eigenvalue weighted by Crippen LogP contribution is 2.13. The highest BCUT2D eigenvalue weighted by Gasteiger charge is 2.09. The molecule has 1 aliphatic heterocycles. The summed E-state index contributed by atoms with van der Waals surface area (Å²) in [5, 5.41) is 7.83. The molecular formula is C16H29N5S. The molecule has 5 nitrogen and oxygen atoms in total. The molecule has 2 rings (SSSR count). The van der Waals surface area contributed by atoms with Crippen LogP contribution in [0.5, 0.6) is 0 Å². The summed E-state index contributed by atoms with van der Waals surface area (Å²) in [4.78, 5) is 12.9. The van der Waals surface area contributed by atoms with E-state index < -0.39 is 0 Å². The van der Waals surface area contributed by atoms with E-state index in [1.54, 1.807) is 11.3 Å². The summed E-state index contributed by atoms with van der Waals surface area (Å²) >= 11 is 1.76. The lowest BCUT2D eigenvalue weighted by Gasteiger charge is -2.26. The second kappa shape index (κ2) is 9.79. The second-order valence-corrected chi connectivity index (χ2v) is 6.80. The molecule has 1 aromatic heterocycles. The molecule has 0 bridgehead atoms. The van der Waals surface area contributed by atoms with Gasteiger partial charge in [-0.05, 0) is 39.3 Å². The number of thiazole rings is 1. The summed E-state index contributed by atoms with van der Waals surface area (Å²) in [6, 6.07) is 0. The van der Waals surface area contributed by atoms with E-state index in [1.165, 1.54) is 37.2 Å². The maximum Gasteiger partial charge on any atom is 0.191 e. The molecule has 0 unspecified atom stereocenters. The van der Waals surface area contributed by atoms with Crippen LogP contribution in [0.15, 0.2) is 11.2 Å². The predicted octanol–water partition coefficient (Wildman–Crippen LogP) is 2.25. The van der Waals surface area contributed by atoms with E-state index in [1.807, 2.05) is 6.20 Å². The van der Waals surface area contributed by atoms with Crippen LogP contribution in [0.2, 0.25) is 0 Å². The summed E-state index contributed by atoms with van der Waals surface area (Å²) in [5.41, 5.74) is 0. The maximum atomic E-state index is 4.64. The summed E-state index contributed by atoms with van der Waals surface area (Å²) in [5.74, 6) is 0.896. The molecule has 1 fully saturated rings. The van der Waals surface area contributed by atoms with Crippen molar-refractivity contribution in [3.05, 3.63) is 16.1 Å². The fraction of sp³-hybridized carbons (Fsp3) is 0.750. The third-order valence-corrected chi connectivity index (χ3v) is 4.96. The summed E-state index contributed by atoms with van der Waals surface area (Å²) < 4.78 is 0. The molecule has 1 saturated heterocycles. The molecule has 22 heavy (non-hydrogen) atoms. The van der Waals surface area contributed by atoms with Crippen LogP contribution in [0, 0.1) is 0 Å². The Morgan fingerprint density at radius 1 is 1.27 bits per heavy atom. The fourth-order valence-electron chi connectivity index (χ4n) is 2.59. The van der Waals surface area contributed by atoms with Crippen molar-refractivity contribution in [2.75, 3.05) is 32.7 Å². The van der Waals surface area contributed by atoms with Crippen LogP contribution >= 0.6 is 11.3 Å². The van der Waals surface area contributed by atoms with Gasteiger partial charge in [0.05, 0.1) is 6.54 Å². The first-order valence-corrected chi connectivity index (χ1v) is 9.31. The molecule has 0 aromatic carbocycles. The molecule has 1 aromatic rings. The fourth-order valence-corrected chi connectivity index (χ4v) is 3.38. The lowest BCUT2D eigenvalue weighted by molar-refractivity contribution is 0.232. The number of aromatic nitrogens is 1. The van der Waals surface area contributed by atoms with Crippen LogP contribution in [-0.2, 0) is 13.0 Å². The maximum absolute atomic E-state index is 4.64. The Kier molecular flexibility index (Phi) is 7.66. The third-order valence-electron chi connectivity index (χ3n) is 3.84. The first-order valence-electron chi connectivity index (χ1n) is 8.50. The van der Waals surface area contributed by atoms with E-state index in [2.05, 4.69) is 39.4 Å². The van der Waals surface area contributed by atoms with Crippen molar-refractivity contribution in [3.8, 4) is 0 Å². The van der Waals surface area contributed by atoms with Gasteiger partial charge in [0.2, 0.25) is 0 Å². The van der Waals surface area contributed by atoms with Crippen molar-refractivity contribution in [1.82, 2.24) is 20.5 Å².